The standard InChI is InChI=1S/C5H10N2OS/c1-2-3(9)4(6)5(7)8/h4H,2,6H2,1H3,(H2,7,8)/t4-/m0/s1. The first kappa shape index (κ1) is 8.52. The fraction of sp³-hybridized carbons (Fsp3) is 0.600. The molecule has 4 heteroatoms. The second kappa shape index (κ2) is 3.53. The largest absolute Gasteiger partial charge is 0.368 e. The average molecular weight is 146 g/mol. The summed E-state index contributed by atoms with van der Waals surface area (Å²) in [6.45, 7) is 1.84. The fourth-order valence-corrected chi connectivity index (χ4v) is 0.495. The van der Waals surface area contributed by atoms with Crippen molar-refractivity contribution in [1.82, 2.24) is 0 Å². The van der Waals surface area contributed by atoms with Crippen LogP contribution in [0, 0.1) is 0 Å². The number of primary amides is 1. The summed E-state index contributed by atoms with van der Waals surface area (Å²) in [5.74, 6) is -0.554. The molecule has 52 valence electrons. The minimum atomic E-state index is -0.745. The van der Waals surface area contributed by atoms with Gasteiger partial charge in [0.25, 0.3) is 0 Å². The van der Waals surface area contributed by atoms with E-state index in [1.54, 1.807) is 0 Å². The minimum Gasteiger partial charge on any atom is -0.368 e. The Kier molecular flexibility index (Phi) is 3.34. The first-order chi connectivity index (χ1) is 4.09. The van der Waals surface area contributed by atoms with E-state index in [9.17, 15) is 4.79 Å². The van der Waals surface area contributed by atoms with E-state index in [-0.39, 0.29) is 0 Å². The molecule has 0 spiro atoms. The van der Waals surface area contributed by atoms with Crippen molar-refractivity contribution < 1.29 is 4.79 Å². The monoisotopic (exact) mass is 146 g/mol. The van der Waals surface area contributed by atoms with Crippen molar-refractivity contribution in [3.63, 3.8) is 0 Å². The molecule has 4 N–H and O–H groups in total. The van der Waals surface area contributed by atoms with Gasteiger partial charge in [0, 0.05) is 4.86 Å². The van der Waals surface area contributed by atoms with Gasteiger partial charge in [-0.25, -0.2) is 0 Å². The molecule has 3 nitrogen and oxygen atoms in total. The van der Waals surface area contributed by atoms with Crippen LogP contribution in [0.4, 0.5) is 0 Å². The summed E-state index contributed by atoms with van der Waals surface area (Å²) in [5.41, 5.74) is 10.1. The lowest BCUT2D eigenvalue weighted by Gasteiger charge is -2.04. The van der Waals surface area contributed by atoms with Crippen LogP contribution in [-0.2, 0) is 4.79 Å². The maximum atomic E-state index is 10.3. The molecule has 0 radical (unpaired) electrons. The van der Waals surface area contributed by atoms with Crippen LogP contribution >= 0.6 is 12.2 Å². The Hall–Kier alpha value is -0.480. The normalized spacial score (nSPS) is 12.7. The van der Waals surface area contributed by atoms with Crippen molar-refractivity contribution in [3.05, 3.63) is 0 Å². The molecule has 1 amide bonds. The molecule has 0 aliphatic heterocycles. The number of thiocarbonyl (C=S) groups is 1. The van der Waals surface area contributed by atoms with Gasteiger partial charge < -0.3 is 11.5 Å². The minimum absolute atomic E-state index is 0.516. The van der Waals surface area contributed by atoms with Crippen LogP contribution in [0.3, 0.4) is 0 Å². The molecular weight excluding hydrogens is 136 g/mol. The van der Waals surface area contributed by atoms with Gasteiger partial charge in [0.2, 0.25) is 5.91 Å². The maximum absolute atomic E-state index is 10.3. The van der Waals surface area contributed by atoms with Gasteiger partial charge in [-0.2, -0.15) is 0 Å². The van der Waals surface area contributed by atoms with Gasteiger partial charge in [-0.15, -0.1) is 0 Å². The summed E-state index contributed by atoms with van der Waals surface area (Å²) in [5, 5.41) is 0. The SMILES string of the molecule is CCC(=S)[C@H](N)C(N)=O. The third-order valence-corrected chi connectivity index (χ3v) is 1.54. The van der Waals surface area contributed by atoms with Crippen LogP contribution in [0.15, 0.2) is 0 Å². The van der Waals surface area contributed by atoms with E-state index in [4.69, 9.17) is 23.7 Å². The lowest BCUT2D eigenvalue weighted by atomic mass is 10.2. The van der Waals surface area contributed by atoms with Gasteiger partial charge in [0.05, 0.1) is 0 Å². The van der Waals surface area contributed by atoms with Crippen molar-refractivity contribution in [2.75, 3.05) is 0 Å². The van der Waals surface area contributed by atoms with Crippen LogP contribution in [-0.4, -0.2) is 16.8 Å². The highest BCUT2D eigenvalue weighted by molar-refractivity contribution is 7.80. The molecule has 0 aliphatic carbocycles. The van der Waals surface area contributed by atoms with E-state index in [0.29, 0.717) is 11.3 Å². The Labute approximate surface area is 59.4 Å². The van der Waals surface area contributed by atoms with Gasteiger partial charge in [0.1, 0.15) is 6.04 Å². The number of rotatable bonds is 3. The summed E-state index contributed by atoms with van der Waals surface area (Å²) in [4.78, 5) is 10.8. The first-order valence-corrected chi connectivity index (χ1v) is 3.08. The summed E-state index contributed by atoms with van der Waals surface area (Å²) in [7, 11) is 0. The molecule has 0 rings (SSSR count). The Morgan fingerprint density at radius 2 is 2.22 bits per heavy atom. The molecule has 9 heavy (non-hydrogen) atoms. The van der Waals surface area contributed by atoms with Crippen LogP contribution in [0.25, 0.3) is 0 Å². The van der Waals surface area contributed by atoms with Gasteiger partial charge in [-0.1, -0.05) is 19.1 Å². The van der Waals surface area contributed by atoms with Gasteiger partial charge in [-0.05, 0) is 6.42 Å². The summed E-state index contributed by atoms with van der Waals surface area (Å²) < 4.78 is 0. The molecule has 0 bridgehead atoms. The van der Waals surface area contributed by atoms with Gasteiger partial charge >= 0.3 is 0 Å². The lowest BCUT2D eigenvalue weighted by Crippen LogP contribution is -2.41. The zero-order valence-electron chi connectivity index (χ0n) is 5.26. The zero-order valence-corrected chi connectivity index (χ0v) is 6.07. The average Bonchev–Trinajstić information content (AvgIpc) is 1.84. The number of hydrogen-bond donors (Lipinski definition) is 2. The van der Waals surface area contributed by atoms with Gasteiger partial charge in [0.15, 0.2) is 0 Å². The highest BCUT2D eigenvalue weighted by atomic mass is 32.1. The highest BCUT2D eigenvalue weighted by Crippen LogP contribution is 1.89. The van der Waals surface area contributed by atoms with Crippen LogP contribution < -0.4 is 11.5 Å². The van der Waals surface area contributed by atoms with Crippen LogP contribution in [0.1, 0.15) is 13.3 Å². The third kappa shape index (κ3) is 2.53. The Morgan fingerprint density at radius 3 is 2.33 bits per heavy atom. The van der Waals surface area contributed by atoms with E-state index >= 15 is 0 Å². The Balaban J connectivity index is 3.88. The summed E-state index contributed by atoms with van der Waals surface area (Å²) in [6.07, 6.45) is 0.624. The highest BCUT2D eigenvalue weighted by Gasteiger charge is 2.11. The van der Waals surface area contributed by atoms with Crippen LogP contribution in [0.2, 0.25) is 0 Å². The second-order valence-electron chi connectivity index (χ2n) is 1.70. The molecule has 0 saturated carbocycles. The van der Waals surface area contributed by atoms with Crippen molar-refractivity contribution >= 4 is 23.0 Å². The molecule has 0 heterocycles. The second-order valence-corrected chi connectivity index (χ2v) is 2.22. The molecule has 1 atom stereocenters. The predicted molar refractivity (Wildman–Crippen MR) is 40.1 cm³/mol. The topological polar surface area (TPSA) is 69.1 Å². The van der Waals surface area contributed by atoms with Crippen molar-refractivity contribution in [3.8, 4) is 0 Å². The number of hydrogen-bond acceptors (Lipinski definition) is 3. The lowest BCUT2D eigenvalue weighted by molar-refractivity contribution is -0.117. The summed E-state index contributed by atoms with van der Waals surface area (Å²) in [6, 6.07) is -0.745. The van der Waals surface area contributed by atoms with Crippen molar-refractivity contribution in [2.24, 2.45) is 11.5 Å². The molecular formula is C5H10N2OS. The number of nitrogens with two attached hydrogens (primary N) is 2. The van der Waals surface area contributed by atoms with E-state index in [1.165, 1.54) is 0 Å². The molecule has 0 unspecified atom stereocenters. The van der Waals surface area contributed by atoms with E-state index in [0.717, 1.165) is 0 Å². The number of carbonyl (C=O) groups is 1. The molecule has 0 fully saturated rings. The Morgan fingerprint density at radius 1 is 1.78 bits per heavy atom. The molecule has 0 aromatic heterocycles. The number of carbonyl (C=O) groups excluding carboxylic acids is 1. The molecule has 0 aromatic rings. The number of amides is 1. The van der Waals surface area contributed by atoms with Crippen molar-refractivity contribution in [2.45, 2.75) is 19.4 Å². The molecule has 0 aromatic carbocycles. The summed E-state index contributed by atoms with van der Waals surface area (Å²) >= 11 is 4.73. The maximum Gasteiger partial charge on any atom is 0.239 e. The zero-order chi connectivity index (χ0) is 7.44. The third-order valence-electron chi connectivity index (χ3n) is 1.00. The fourth-order valence-electron chi connectivity index (χ4n) is 0.379. The predicted octanol–water partition coefficient (Wildman–Crippen LogP) is -0.421. The molecule has 0 aliphatic rings. The van der Waals surface area contributed by atoms with Crippen molar-refractivity contribution in [1.29, 1.82) is 0 Å². The van der Waals surface area contributed by atoms with Gasteiger partial charge in [-0.3, -0.25) is 4.79 Å². The molecule has 0 saturated heterocycles. The first-order valence-electron chi connectivity index (χ1n) is 2.67. The van der Waals surface area contributed by atoms with E-state index in [1.807, 2.05) is 6.92 Å². The van der Waals surface area contributed by atoms with E-state index in [2.05, 4.69) is 0 Å². The van der Waals surface area contributed by atoms with E-state index < -0.39 is 11.9 Å². The smallest absolute Gasteiger partial charge is 0.239 e. The quantitative estimate of drug-likeness (QED) is 0.531. The Bertz CT molecular complexity index is 135. The van der Waals surface area contributed by atoms with Crippen LogP contribution in [0.5, 0.6) is 0 Å².